The van der Waals surface area contributed by atoms with Crippen molar-refractivity contribution in [3.8, 4) is 17.2 Å². The molecule has 180 valence electrons. The van der Waals surface area contributed by atoms with E-state index in [4.69, 9.17) is 14.2 Å². The van der Waals surface area contributed by atoms with Gasteiger partial charge in [-0.1, -0.05) is 18.2 Å². The number of methoxy groups -OCH3 is 1. The number of hydrogen-bond acceptors (Lipinski definition) is 6. The molecular weight excluding hydrogens is 465 g/mol. The number of benzene rings is 3. The number of carboxylic acid groups (broad SMARTS) is 1. The number of halogens is 3. The van der Waals surface area contributed by atoms with Crippen LogP contribution in [0.1, 0.15) is 27.0 Å². The van der Waals surface area contributed by atoms with E-state index in [1.807, 2.05) is 0 Å². The molecule has 0 radical (unpaired) electrons. The molecule has 0 aliphatic carbocycles. The zero-order valence-electron chi connectivity index (χ0n) is 18.3. The van der Waals surface area contributed by atoms with Crippen molar-refractivity contribution in [3.05, 3.63) is 94.6 Å². The molecular formula is C26H18F3O6-. The minimum absolute atomic E-state index is 0.0354. The van der Waals surface area contributed by atoms with Gasteiger partial charge in [0, 0.05) is 23.1 Å². The second kappa shape index (κ2) is 9.54. The summed E-state index contributed by atoms with van der Waals surface area (Å²) in [5, 5.41) is 12.3. The van der Waals surface area contributed by atoms with Crippen LogP contribution in [0.4, 0.5) is 13.2 Å². The molecule has 0 fully saturated rings. The fourth-order valence-corrected chi connectivity index (χ4v) is 3.68. The summed E-state index contributed by atoms with van der Waals surface area (Å²) >= 11 is 0. The highest BCUT2D eigenvalue weighted by molar-refractivity contribution is 6.25. The summed E-state index contributed by atoms with van der Waals surface area (Å²) in [7, 11) is 1.46. The van der Waals surface area contributed by atoms with Crippen molar-refractivity contribution in [3.63, 3.8) is 0 Å². The Morgan fingerprint density at radius 1 is 0.914 bits per heavy atom. The molecule has 0 saturated carbocycles. The van der Waals surface area contributed by atoms with E-state index in [9.17, 15) is 27.9 Å². The van der Waals surface area contributed by atoms with Gasteiger partial charge in [0.1, 0.15) is 5.75 Å². The Labute approximate surface area is 198 Å². The molecule has 1 aliphatic heterocycles. The number of allylic oxidation sites excluding steroid dienone is 1. The molecule has 0 bridgehead atoms. The summed E-state index contributed by atoms with van der Waals surface area (Å²) in [6.07, 6.45) is -4.78. The zero-order valence-corrected chi connectivity index (χ0v) is 18.3. The Bertz CT molecular complexity index is 1290. The maximum absolute atomic E-state index is 13.5. The lowest BCUT2D eigenvalue weighted by molar-refractivity contribution is -0.295. The minimum Gasteiger partial charge on any atom is -0.545 e. The summed E-state index contributed by atoms with van der Waals surface area (Å²) in [5.41, 5.74) is -0.790. The molecule has 0 aromatic heterocycles. The average Bonchev–Trinajstić information content (AvgIpc) is 3.31. The van der Waals surface area contributed by atoms with Crippen LogP contribution < -0.4 is 19.3 Å². The van der Waals surface area contributed by atoms with E-state index in [2.05, 4.69) is 0 Å². The number of carboxylic acids is 1. The van der Waals surface area contributed by atoms with Crippen molar-refractivity contribution >= 4 is 17.3 Å². The summed E-state index contributed by atoms with van der Waals surface area (Å²) in [5.74, 6) is -1.04. The smallest absolute Gasteiger partial charge is 0.416 e. The zero-order chi connectivity index (χ0) is 25.2. The van der Waals surface area contributed by atoms with Crippen LogP contribution in [0.15, 0.2) is 72.3 Å². The van der Waals surface area contributed by atoms with E-state index in [0.29, 0.717) is 22.8 Å². The third kappa shape index (κ3) is 5.13. The van der Waals surface area contributed by atoms with Crippen molar-refractivity contribution in [1.82, 2.24) is 0 Å². The van der Waals surface area contributed by atoms with Gasteiger partial charge in [0.15, 0.2) is 17.3 Å². The van der Waals surface area contributed by atoms with E-state index in [1.54, 1.807) is 12.1 Å². The minimum atomic E-state index is -4.53. The van der Waals surface area contributed by atoms with Crippen LogP contribution in [0.25, 0.3) is 5.57 Å². The number of carbonyl (C=O) groups is 2. The van der Waals surface area contributed by atoms with Gasteiger partial charge in [-0.25, -0.2) is 0 Å². The molecule has 0 unspecified atom stereocenters. The summed E-state index contributed by atoms with van der Waals surface area (Å²) < 4.78 is 54.6. The molecule has 35 heavy (non-hydrogen) atoms. The van der Waals surface area contributed by atoms with E-state index < -0.39 is 29.1 Å². The quantitative estimate of drug-likeness (QED) is 0.372. The Balaban J connectivity index is 1.83. The van der Waals surface area contributed by atoms with Gasteiger partial charge in [0.2, 0.25) is 6.79 Å². The van der Waals surface area contributed by atoms with Crippen molar-refractivity contribution < 1.29 is 42.1 Å². The largest absolute Gasteiger partial charge is 0.545 e. The molecule has 3 aromatic rings. The Morgan fingerprint density at radius 2 is 1.54 bits per heavy atom. The second-order valence-electron chi connectivity index (χ2n) is 7.64. The topological polar surface area (TPSA) is 84.9 Å². The molecule has 1 aliphatic rings. The lowest BCUT2D eigenvalue weighted by Gasteiger charge is -2.17. The Kier molecular flexibility index (Phi) is 6.50. The number of hydrogen-bond donors (Lipinski definition) is 0. The van der Waals surface area contributed by atoms with E-state index >= 15 is 0 Å². The van der Waals surface area contributed by atoms with E-state index in [0.717, 1.165) is 12.1 Å². The first-order valence-electron chi connectivity index (χ1n) is 10.4. The van der Waals surface area contributed by atoms with Crippen LogP contribution in [0.2, 0.25) is 0 Å². The maximum Gasteiger partial charge on any atom is 0.416 e. The molecule has 1 heterocycles. The normalized spacial score (nSPS) is 13.3. The van der Waals surface area contributed by atoms with Gasteiger partial charge in [-0.3, -0.25) is 4.79 Å². The lowest BCUT2D eigenvalue weighted by Crippen LogP contribution is -2.27. The molecule has 0 saturated heterocycles. The Hall–Kier alpha value is -4.27. The highest BCUT2D eigenvalue weighted by atomic mass is 19.4. The number of ether oxygens (including phenoxy) is 3. The highest BCUT2D eigenvalue weighted by Gasteiger charge is 2.30. The van der Waals surface area contributed by atoms with Crippen LogP contribution in [0.3, 0.4) is 0 Å². The predicted molar refractivity (Wildman–Crippen MR) is 117 cm³/mol. The van der Waals surface area contributed by atoms with E-state index in [1.165, 1.54) is 49.6 Å². The first-order valence-corrected chi connectivity index (χ1v) is 10.4. The molecule has 9 heteroatoms. The number of ketones is 1. The fourth-order valence-electron chi connectivity index (χ4n) is 3.68. The number of rotatable bonds is 7. The number of aliphatic carboxylic acids is 1. The van der Waals surface area contributed by atoms with Crippen molar-refractivity contribution in [2.24, 2.45) is 0 Å². The predicted octanol–water partition coefficient (Wildman–Crippen LogP) is 4.07. The van der Waals surface area contributed by atoms with Gasteiger partial charge in [-0.05, 0) is 59.7 Å². The Morgan fingerprint density at radius 3 is 2.14 bits per heavy atom. The molecule has 6 nitrogen and oxygen atoms in total. The maximum atomic E-state index is 13.5. The summed E-state index contributed by atoms with van der Waals surface area (Å²) in [6.45, 7) is -0.0354. The lowest BCUT2D eigenvalue weighted by atomic mass is 9.89. The molecule has 0 atom stereocenters. The first kappa shape index (κ1) is 23.9. The second-order valence-corrected chi connectivity index (χ2v) is 7.64. The molecule has 0 amide bonds. The van der Waals surface area contributed by atoms with Gasteiger partial charge in [0.25, 0.3) is 0 Å². The average molecular weight is 483 g/mol. The highest BCUT2D eigenvalue weighted by Crippen LogP contribution is 2.36. The first-order chi connectivity index (χ1) is 16.7. The van der Waals surface area contributed by atoms with E-state index in [-0.39, 0.29) is 29.9 Å². The molecule has 4 rings (SSSR count). The van der Waals surface area contributed by atoms with Crippen LogP contribution in [0.5, 0.6) is 17.2 Å². The van der Waals surface area contributed by atoms with Crippen molar-refractivity contribution in [1.29, 1.82) is 0 Å². The number of carbonyl (C=O) groups excluding carboxylic acids is 2. The number of alkyl halides is 3. The van der Waals surface area contributed by atoms with Gasteiger partial charge < -0.3 is 24.1 Å². The third-order valence-corrected chi connectivity index (χ3v) is 5.46. The molecule has 3 aromatic carbocycles. The van der Waals surface area contributed by atoms with Crippen LogP contribution in [-0.4, -0.2) is 25.7 Å². The van der Waals surface area contributed by atoms with Gasteiger partial charge in [0.05, 0.1) is 18.6 Å². The van der Waals surface area contributed by atoms with Crippen molar-refractivity contribution in [2.45, 2.75) is 12.6 Å². The van der Waals surface area contributed by atoms with Gasteiger partial charge in [-0.15, -0.1) is 0 Å². The van der Waals surface area contributed by atoms with Crippen LogP contribution >= 0.6 is 0 Å². The third-order valence-electron chi connectivity index (χ3n) is 5.46. The van der Waals surface area contributed by atoms with Crippen LogP contribution in [0, 0.1) is 0 Å². The standard InChI is InChI=1S/C26H19F3O6/c1-33-19-9-4-16(5-10-19)24(30)20(12-15-2-7-18(8-3-15)26(27,28)29)23(25(31)32)17-6-11-21-22(13-17)35-14-34-21/h2-11,13H,12,14H2,1H3,(H,31,32)/p-1/b23-20-. The number of Topliss-reactive ketones (excluding diaryl/α,β-unsaturated/α-hetero) is 1. The summed E-state index contributed by atoms with van der Waals surface area (Å²) in [6, 6.07) is 14.6. The fraction of sp³-hybridized carbons (Fsp3) is 0.154. The molecule has 0 spiro atoms. The molecule has 0 N–H and O–H groups in total. The van der Waals surface area contributed by atoms with Gasteiger partial charge in [-0.2, -0.15) is 13.2 Å². The number of fused-ring (bicyclic) bond motifs is 1. The monoisotopic (exact) mass is 483 g/mol. The van der Waals surface area contributed by atoms with Crippen molar-refractivity contribution in [2.75, 3.05) is 13.9 Å². The van der Waals surface area contributed by atoms with Crippen LogP contribution in [-0.2, 0) is 17.4 Å². The SMILES string of the molecule is COc1ccc(C(=O)/C(Cc2ccc(C(F)(F)F)cc2)=C(\C(=O)[O-])c2ccc3c(c2)OCO3)cc1. The van der Waals surface area contributed by atoms with Gasteiger partial charge >= 0.3 is 6.18 Å². The summed E-state index contributed by atoms with van der Waals surface area (Å²) in [4.78, 5) is 25.8.